The molecule has 0 aliphatic heterocycles. The Labute approximate surface area is 94.2 Å². The molecule has 0 fully saturated rings. The van der Waals surface area contributed by atoms with Gasteiger partial charge in [-0.05, 0) is 6.08 Å². The van der Waals surface area contributed by atoms with E-state index >= 15 is 0 Å². The summed E-state index contributed by atoms with van der Waals surface area (Å²) >= 11 is 16.8. The van der Waals surface area contributed by atoms with Crippen LogP contribution in [0.4, 0.5) is 0 Å². The van der Waals surface area contributed by atoms with E-state index < -0.39 is 16.9 Å². The van der Waals surface area contributed by atoms with Gasteiger partial charge in [0.15, 0.2) is 0 Å². The second-order valence-electron chi connectivity index (χ2n) is 2.41. The number of rotatable bonds is 1. The highest BCUT2D eigenvalue weighted by molar-refractivity contribution is 6.43. The topological polar surface area (TPSA) is 54.0 Å². The van der Waals surface area contributed by atoms with Crippen molar-refractivity contribution < 1.29 is 14.7 Å². The fraction of sp³-hybridized carbons (Fsp3) is 0.125. The van der Waals surface area contributed by atoms with Crippen LogP contribution < -0.4 is 0 Å². The Morgan fingerprint density at radius 2 is 2.00 bits per heavy atom. The molecule has 0 N–H and O–H groups in total. The van der Waals surface area contributed by atoms with Gasteiger partial charge in [-0.25, -0.2) is 14.7 Å². The highest BCUT2D eigenvalue weighted by Gasteiger charge is 2.29. The van der Waals surface area contributed by atoms with Gasteiger partial charge in [0.25, 0.3) is 0 Å². The van der Waals surface area contributed by atoms with Gasteiger partial charge in [0.2, 0.25) is 0 Å². The van der Waals surface area contributed by atoms with Crippen LogP contribution in [0.25, 0.3) is 0 Å². The van der Waals surface area contributed by atoms with E-state index in [1.165, 1.54) is 12.0 Å². The van der Waals surface area contributed by atoms with Crippen molar-refractivity contribution in [3.05, 3.63) is 27.3 Å². The summed E-state index contributed by atoms with van der Waals surface area (Å²) in [6.07, 6.45) is 1.18. The fourth-order valence-corrected chi connectivity index (χ4v) is 2.02. The highest BCUT2D eigenvalue weighted by atomic mass is 35.5. The van der Waals surface area contributed by atoms with Gasteiger partial charge in [0.1, 0.15) is 11.5 Å². The predicted molar refractivity (Wildman–Crippen MR) is 51.4 cm³/mol. The number of hydrogen-bond donors (Lipinski definition) is 0. The van der Waals surface area contributed by atoms with Crippen molar-refractivity contribution in [1.82, 2.24) is 0 Å². The van der Waals surface area contributed by atoms with Crippen molar-refractivity contribution in [2.75, 3.05) is 0 Å². The molecule has 0 saturated carbocycles. The standard InChI is InChI=1S/C8H2Cl3O3/c9-4-1-5(10)6(8(13)14)7(11)3(4)2-12/h1,4H. The first kappa shape index (κ1) is 11.3. The molecule has 0 spiro atoms. The SMILES string of the molecule is [O]C(=O)C1=C(Cl)C(=C=O)C(Cl)C=C1Cl. The summed E-state index contributed by atoms with van der Waals surface area (Å²) in [6, 6.07) is 0. The molecule has 3 nitrogen and oxygen atoms in total. The summed E-state index contributed by atoms with van der Waals surface area (Å²) in [4.78, 5) is 21.0. The minimum Gasteiger partial charge on any atom is -0.241 e. The molecular formula is C8H2Cl3O3. The lowest BCUT2D eigenvalue weighted by Crippen LogP contribution is -2.13. The van der Waals surface area contributed by atoms with Gasteiger partial charge in [-0.15, -0.1) is 11.6 Å². The van der Waals surface area contributed by atoms with E-state index in [2.05, 4.69) is 0 Å². The van der Waals surface area contributed by atoms with Crippen LogP contribution in [0.1, 0.15) is 0 Å². The predicted octanol–water partition coefficient (Wildman–Crippen LogP) is 1.94. The smallest absolute Gasteiger partial charge is 0.241 e. The van der Waals surface area contributed by atoms with Gasteiger partial charge >= 0.3 is 5.97 Å². The van der Waals surface area contributed by atoms with Gasteiger partial charge in [0, 0.05) is 0 Å². The summed E-state index contributed by atoms with van der Waals surface area (Å²) in [5.41, 5.74) is -0.597. The van der Waals surface area contributed by atoms with Crippen molar-refractivity contribution >= 4 is 46.7 Å². The molecule has 0 aromatic rings. The molecule has 0 aromatic heterocycles. The Morgan fingerprint density at radius 3 is 2.43 bits per heavy atom. The van der Waals surface area contributed by atoms with Gasteiger partial charge in [0.05, 0.1) is 21.0 Å². The van der Waals surface area contributed by atoms with Gasteiger partial charge in [-0.1, -0.05) is 23.2 Å². The second-order valence-corrected chi connectivity index (χ2v) is 3.66. The summed E-state index contributed by atoms with van der Waals surface area (Å²) in [5, 5.41) is 9.24. The quantitative estimate of drug-likeness (QED) is 0.529. The summed E-state index contributed by atoms with van der Waals surface area (Å²) in [6.45, 7) is 0. The van der Waals surface area contributed by atoms with E-state index in [0.29, 0.717) is 0 Å². The van der Waals surface area contributed by atoms with Crippen LogP contribution in [0.2, 0.25) is 0 Å². The Kier molecular flexibility index (Phi) is 3.40. The first-order chi connectivity index (χ1) is 6.49. The molecule has 0 bridgehead atoms. The Morgan fingerprint density at radius 1 is 1.43 bits per heavy atom. The monoisotopic (exact) mass is 251 g/mol. The van der Waals surface area contributed by atoms with E-state index in [4.69, 9.17) is 34.8 Å². The first-order valence-corrected chi connectivity index (χ1v) is 4.56. The fourth-order valence-electron chi connectivity index (χ4n) is 0.944. The molecule has 73 valence electrons. The molecule has 0 aromatic carbocycles. The van der Waals surface area contributed by atoms with E-state index in [-0.39, 0.29) is 15.6 Å². The number of halogens is 3. The summed E-state index contributed by atoms with van der Waals surface area (Å²) < 4.78 is 0. The van der Waals surface area contributed by atoms with Crippen molar-refractivity contribution in [2.45, 2.75) is 5.38 Å². The van der Waals surface area contributed by atoms with Gasteiger partial charge in [-0.2, -0.15) is 0 Å². The van der Waals surface area contributed by atoms with Crippen molar-refractivity contribution in [3.8, 4) is 0 Å². The van der Waals surface area contributed by atoms with Crippen LogP contribution in [0.5, 0.6) is 0 Å². The number of carbonyl (C=O) groups excluding carboxylic acids is 2. The Bertz CT molecular complexity index is 402. The molecule has 1 unspecified atom stereocenters. The number of carbonyl (C=O) groups is 1. The lowest BCUT2D eigenvalue weighted by Gasteiger charge is -2.14. The lowest BCUT2D eigenvalue weighted by atomic mass is 10.0. The van der Waals surface area contributed by atoms with Crippen LogP contribution in [-0.2, 0) is 14.7 Å². The molecule has 1 atom stereocenters. The third-order valence-corrected chi connectivity index (χ3v) is 2.63. The molecule has 6 heteroatoms. The summed E-state index contributed by atoms with van der Waals surface area (Å²) in [5.74, 6) is -0.103. The minimum absolute atomic E-state index is 0.144. The van der Waals surface area contributed by atoms with Crippen LogP contribution in [0.15, 0.2) is 27.3 Å². The largest absolute Gasteiger partial charge is 0.389 e. The van der Waals surface area contributed by atoms with E-state index in [1.807, 2.05) is 0 Å². The van der Waals surface area contributed by atoms with E-state index in [0.717, 1.165) is 0 Å². The maximum atomic E-state index is 10.6. The first-order valence-electron chi connectivity index (χ1n) is 3.37. The zero-order valence-electron chi connectivity index (χ0n) is 6.51. The Balaban J connectivity index is 3.39. The molecular weight excluding hydrogens is 250 g/mol. The molecule has 1 radical (unpaired) electrons. The normalized spacial score (nSPS) is 21.8. The molecule has 1 aliphatic carbocycles. The number of allylic oxidation sites excluding steroid dienone is 3. The minimum atomic E-state index is -1.56. The van der Waals surface area contributed by atoms with Crippen molar-refractivity contribution in [1.29, 1.82) is 0 Å². The number of alkyl halides is 1. The maximum Gasteiger partial charge on any atom is 0.389 e. The van der Waals surface area contributed by atoms with Gasteiger partial charge in [-0.3, -0.25) is 0 Å². The molecule has 14 heavy (non-hydrogen) atoms. The van der Waals surface area contributed by atoms with Crippen LogP contribution in [-0.4, -0.2) is 17.3 Å². The Hall–Kier alpha value is -0.730. The van der Waals surface area contributed by atoms with Gasteiger partial charge < -0.3 is 0 Å². The van der Waals surface area contributed by atoms with Crippen molar-refractivity contribution in [2.24, 2.45) is 0 Å². The third-order valence-electron chi connectivity index (χ3n) is 1.58. The molecule has 0 amide bonds. The molecule has 0 heterocycles. The zero-order valence-corrected chi connectivity index (χ0v) is 8.78. The van der Waals surface area contributed by atoms with Crippen molar-refractivity contribution in [3.63, 3.8) is 0 Å². The van der Waals surface area contributed by atoms with E-state index in [9.17, 15) is 14.7 Å². The van der Waals surface area contributed by atoms with E-state index in [1.54, 1.807) is 0 Å². The summed E-state index contributed by atoms with van der Waals surface area (Å²) in [7, 11) is 0. The van der Waals surface area contributed by atoms with Crippen LogP contribution in [0, 0.1) is 0 Å². The molecule has 1 aliphatic rings. The lowest BCUT2D eigenvalue weighted by molar-refractivity contribution is -0.138. The number of hydrogen-bond acceptors (Lipinski definition) is 2. The molecule has 1 rings (SSSR count). The average Bonchev–Trinajstić information content (AvgIpc) is 2.02. The molecule has 0 saturated heterocycles. The van der Waals surface area contributed by atoms with Crippen LogP contribution in [0.3, 0.4) is 0 Å². The highest BCUT2D eigenvalue weighted by Crippen LogP contribution is 2.35. The second kappa shape index (κ2) is 4.20. The average molecular weight is 252 g/mol. The van der Waals surface area contributed by atoms with Crippen LogP contribution >= 0.6 is 34.8 Å². The third kappa shape index (κ3) is 1.86. The maximum absolute atomic E-state index is 10.6. The zero-order chi connectivity index (χ0) is 10.9.